The van der Waals surface area contributed by atoms with Gasteiger partial charge < -0.3 is 9.74 Å². The van der Waals surface area contributed by atoms with E-state index >= 15 is 0 Å². The number of oxime groups is 1. The number of alkyl halides is 3. The third-order valence-corrected chi connectivity index (χ3v) is 5.28. The normalized spacial score (nSPS) is 16.5. The van der Waals surface area contributed by atoms with Gasteiger partial charge in [-0.25, -0.2) is 0 Å². The Hall–Kier alpha value is -2.54. The fourth-order valence-corrected chi connectivity index (χ4v) is 3.55. The number of benzene rings is 2. The summed E-state index contributed by atoms with van der Waals surface area (Å²) in [7, 11) is 0. The molecule has 8 heteroatoms. The van der Waals surface area contributed by atoms with Crippen molar-refractivity contribution in [3.05, 3.63) is 70.2 Å². The van der Waals surface area contributed by atoms with Crippen molar-refractivity contribution in [2.75, 3.05) is 6.54 Å². The van der Waals surface area contributed by atoms with Crippen molar-refractivity contribution in [1.29, 1.82) is 0 Å². The van der Waals surface area contributed by atoms with E-state index in [1.54, 1.807) is 17.0 Å². The van der Waals surface area contributed by atoms with Crippen LogP contribution in [0.3, 0.4) is 0 Å². The molecule has 0 saturated carbocycles. The number of hydrogen-bond acceptors (Lipinski definition) is 3. The van der Waals surface area contributed by atoms with Gasteiger partial charge in [0, 0.05) is 24.4 Å². The lowest BCUT2D eigenvalue weighted by Crippen LogP contribution is -2.38. The second-order valence-electron chi connectivity index (χ2n) is 9.18. The van der Waals surface area contributed by atoms with E-state index in [1.807, 2.05) is 32.9 Å². The smallest absolute Gasteiger partial charge is 0.390 e. The molecular formula is C24H26ClF3N2O2. The number of hydrogen-bond donors (Lipinski definition) is 0. The fraction of sp³-hybridized carbons (Fsp3) is 0.417. The summed E-state index contributed by atoms with van der Waals surface area (Å²) in [5, 5.41) is 4.79. The molecule has 2 aromatic rings. The lowest BCUT2D eigenvalue weighted by Gasteiger charge is -2.28. The van der Waals surface area contributed by atoms with Crippen LogP contribution < -0.4 is 0 Å². The highest BCUT2D eigenvalue weighted by Gasteiger charge is 2.31. The van der Waals surface area contributed by atoms with Gasteiger partial charge in [-0.2, -0.15) is 13.2 Å². The Morgan fingerprint density at radius 2 is 1.72 bits per heavy atom. The van der Waals surface area contributed by atoms with E-state index in [0.717, 1.165) is 23.4 Å². The first kappa shape index (κ1) is 24.1. The molecule has 0 spiro atoms. The van der Waals surface area contributed by atoms with Gasteiger partial charge in [-0.1, -0.05) is 61.8 Å². The summed E-state index contributed by atoms with van der Waals surface area (Å²) in [5.41, 5.74) is 1.35. The fourth-order valence-electron chi connectivity index (χ4n) is 3.42. The molecule has 2 aromatic carbocycles. The number of halogens is 4. The third kappa shape index (κ3) is 6.73. The van der Waals surface area contributed by atoms with Crippen LogP contribution in [-0.2, 0) is 22.4 Å². The molecule has 0 saturated heterocycles. The highest BCUT2D eigenvalue weighted by Crippen LogP contribution is 2.30. The molecule has 0 bridgehead atoms. The van der Waals surface area contributed by atoms with Crippen LogP contribution in [0.4, 0.5) is 13.2 Å². The lowest BCUT2D eigenvalue weighted by atomic mass is 9.91. The van der Waals surface area contributed by atoms with E-state index in [1.165, 1.54) is 12.1 Å². The average Bonchev–Trinajstić information content (AvgIpc) is 3.15. The van der Waals surface area contributed by atoms with Gasteiger partial charge in [0.15, 0.2) is 6.10 Å². The molecule has 172 valence electrons. The monoisotopic (exact) mass is 466 g/mol. The Morgan fingerprint density at radius 3 is 2.28 bits per heavy atom. The van der Waals surface area contributed by atoms with Crippen LogP contribution in [0.1, 0.15) is 50.3 Å². The van der Waals surface area contributed by atoms with Gasteiger partial charge >= 0.3 is 6.18 Å². The number of rotatable bonds is 6. The zero-order valence-electron chi connectivity index (χ0n) is 18.2. The summed E-state index contributed by atoms with van der Waals surface area (Å²) in [6.07, 6.45) is -3.90. The number of amides is 1. The van der Waals surface area contributed by atoms with Crippen molar-refractivity contribution < 1.29 is 22.8 Å². The van der Waals surface area contributed by atoms with E-state index in [2.05, 4.69) is 5.16 Å². The zero-order valence-corrected chi connectivity index (χ0v) is 19.0. The maximum atomic E-state index is 13.0. The van der Waals surface area contributed by atoms with E-state index in [0.29, 0.717) is 23.4 Å². The lowest BCUT2D eigenvalue weighted by molar-refractivity contribution is -0.138. The van der Waals surface area contributed by atoms with Crippen molar-refractivity contribution in [1.82, 2.24) is 4.90 Å². The van der Waals surface area contributed by atoms with E-state index in [4.69, 9.17) is 16.4 Å². The molecule has 4 nitrogen and oxygen atoms in total. The summed E-state index contributed by atoms with van der Waals surface area (Å²) in [4.78, 5) is 20.2. The minimum atomic E-state index is -4.40. The molecule has 3 rings (SSSR count). The highest BCUT2D eigenvalue weighted by molar-refractivity contribution is 6.30. The summed E-state index contributed by atoms with van der Waals surface area (Å²) in [5.74, 6) is -0.0825. The van der Waals surface area contributed by atoms with Crippen LogP contribution in [0.25, 0.3) is 0 Å². The summed E-state index contributed by atoms with van der Waals surface area (Å²) in [6.45, 7) is 6.39. The molecule has 0 aliphatic carbocycles. The largest absolute Gasteiger partial charge is 0.416 e. The van der Waals surface area contributed by atoms with Gasteiger partial charge in [0.1, 0.15) is 0 Å². The molecule has 1 amide bonds. The minimum Gasteiger partial charge on any atom is -0.390 e. The molecule has 0 aromatic heterocycles. The van der Waals surface area contributed by atoms with Crippen molar-refractivity contribution >= 4 is 23.2 Å². The van der Waals surface area contributed by atoms with E-state index in [-0.39, 0.29) is 30.5 Å². The van der Waals surface area contributed by atoms with Gasteiger partial charge in [0.05, 0.1) is 17.8 Å². The van der Waals surface area contributed by atoms with Crippen molar-refractivity contribution in [2.24, 2.45) is 10.6 Å². The van der Waals surface area contributed by atoms with Crippen LogP contribution >= 0.6 is 11.6 Å². The Bertz CT molecular complexity index is 965. The first-order valence-electron chi connectivity index (χ1n) is 10.3. The highest BCUT2D eigenvalue weighted by atomic mass is 35.5. The molecule has 0 radical (unpaired) electrons. The summed E-state index contributed by atoms with van der Waals surface area (Å²) in [6, 6.07) is 12.2. The molecule has 0 unspecified atom stereocenters. The second-order valence-corrected chi connectivity index (χ2v) is 9.62. The first-order chi connectivity index (χ1) is 14.9. The Morgan fingerprint density at radius 1 is 1.09 bits per heavy atom. The van der Waals surface area contributed by atoms with Crippen molar-refractivity contribution in [3.63, 3.8) is 0 Å². The third-order valence-electron chi connectivity index (χ3n) is 5.02. The predicted octanol–water partition coefficient (Wildman–Crippen LogP) is 6.32. The Balaban J connectivity index is 1.71. The average molecular weight is 467 g/mol. The van der Waals surface area contributed by atoms with Crippen LogP contribution in [-0.4, -0.2) is 29.2 Å². The molecule has 1 aliphatic heterocycles. The van der Waals surface area contributed by atoms with Crippen LogP contribution in [0.15, 0.2) is 53.7 Å². The molecule has 0 N–H and O–H groups in total. The maximum absolute atomic E-state index is 13.0. The predicted molar refractivity (Wildman–Crippen MR) is 118 cm³/mol. The number of carbonyl (C=O) groups excluding carboxylic acids is 1. The van der Waals surface area contributed by atoms with Crippen molar-refractivity contribution in [2.45, 2.75) is 52.4 Å². The quantitative estimate of drug-likeness (QED) is 0.500. The number of nitrogens with zero attached hydrogens (tertiary/aromatic N) is 2. The summed E-state index contributed by atoms with van der Waals surface area (Å²) >= 11 is 5.94. The first-order valence-corrected chi connectivity index (χ1v) is 10.7. The molecular weight excluding hydrogens is 441 g/mol. The van der Waals surface area contributed by atoms with Crippen LogP contribution in [0, 0.1) is 5.41 Å². The van der Waals surface area contributed by atoms with Crippen LogP contribution in [0.5, 0.6) is 0 Å². The maximum Gasteiger partial charge on any atom is 0.416 e. The van der Waals surface area contributed by atoms with Gasteiger partial charge in [-0.05, 0) is 40.8 Å². The second kappa shape index (κ2) is 9.53. The minimum absolute atomic E-state index is 0.0825. The molecule has 32 heavy (non-hydrogen) atoms. The SMILES string of the molecule is CC(C)(C)CC(=O)N(Cc1ccc(C(F)(F)F)cc1)C[C@H]1CC(c2ccc(Cl)cc2)=NO1. The number of carbonyl (C=O) groups is 1. The van der Waals surface area contributed by atoms with Crippen molar-refractivity contribution in [3.8, 4) is 0 Å². The molecule has 1 heterocycles. The van der Waals surface area contributed by atoms with E-state index in [9.17, 15) is 18.0 Å². The standard InChI is InChI=1S/C24H26ClF3N2O2/c1-23(2,3)13-22(31)30(14-16-4-8-18(9-5-16)24(26,27)28)15-20-12-21(29-32-20)17-6-10-19(25)11-7-17/h4-11,20H,12-15H2,1-3H3/t20-/m1/s1. The molecule has 1 aliphatic rings. The van der Waals surface area contributed by atoms with Crippen LogP contribution in [0.2, 0.25) is 5.02 Å². The van der Waals surface area contributed by atoms with Gasteiger partial charge in [0.25, 0.3) is 0 Å². The van der Waals surface area contributed by atoms with Gasteiger partial charge in [-0.15, -0.1) is 0 Å². The van der Waals surface area contributed by atoms with Gasteiger partial charge in [-0.3, -0.25) is 4.79 Å². The Kier molecular flexibility index (Phi) is 7.18. The van der Waals surface area contributed by atoms with Gasteiger partial charge in [0.2, 0.25) is 5.91 Å². The van der Waals surface area contributed by atoms with E-state index < -0.39 is 11.7 Å². The topological polar surface area (TPSA) is 41.9 Å². The Labute approximate surface area is 191 Å². The molecule has 1 atom stereocenters. The molecule has 0 fully saturated rings. The zero-order chi connectivity index (χ0) is 23.5. The summed E-state index contributed by atoms with van der Waals surface area (Å²) < 4.78 is 38.6.